The van der Waals surface area contributed by atoms with Crippen molar-refractivity contribution >= 4 is 21.7 Å². The Hall–Kier alpha value is -2.92. The lowest BCUT2D eigenvalue weighted by Gasteiger charge is -2.41. The van der Waals surface area contributed by atoms with Crippen molar-refractivity contribution in [3.63, 3.8) is 0 Å². The van der Waals surface area contributed by atoms with Crippen LogP contribution in [0.5, 0.6) is 0 Å². The first-order valence-electron chi connectivity index (χ1n) is 13.6. The average Bonchev–Trinajstić information content (AvgIpc) is 3.57. The van der Waals surface area contributed by atoms with Crippen molar-refractivity contribution in [3.05, 3.63) is 65.7 Å². The van der Waals surface area contributed by atoms with Crippen molar-refractivity contribution in [1.29, 1.82) is 0 Å². The number of hydrogen-bond donors (Lipinski definition) is 1. The van der Waals surface area contributed by atoms with Gasteiger partial charge in [-0.25, -0.2) is 8.42 Å². The molecule has 216 valence electrons. The molecule has 5 rings (SSSR count). The number of halogens is 3. The molecule has 2 heterocycles. The van der Waals surface area contributed by atoms with Crippen LogP contribution in [0.25, 0.3) is 0 Å². The second kappa shape index (κ2) is 10.2. The zero-order chi connectivity index (χ0) is 29.0. The molecule has 1 aliphatic carbocycles. The van der Waals surface area contributed by atoms with Gasteiger partial charge in [-0.3, -0.25) is 14.5 Å². The van der Waals surface area contributed by atoms with Crippen molar-refractivity contribution in [2.45, 2.75) is 74.1 Å². The summed E-state index contributed by atoms with van der Waals surface area (Å²) in [6.07, 6.45) is -3.05. The Morgan fingerprint density at radius 2 is 1.77 bits per heavy atom. The standard InChI is InChI=1S/C29H34F3N3O4S/c1-18(2)35-17-20-15-22(16-24(20)28(35,3)40(38,39)23-10-5-4-6-11-23)34-13-12-25(27(34)37)33-26(36)19-8-7-9-21(14-19)29(30,31)32/h4-11,14,18,20,22,24-25H,12-13,15-17H2,1-3H3,(H,33,36). The highest BCUT2D eigenvalue weighted by Crippen LogP contribution is 2.54. The number of carbonyl (C=O) groups is 2. The van der Waals surface area contributed by atoms with Crippen LogP contribution >= 0.6 is 0 Å². The summed E-state index contributed by atoms with van der Waals surface area (Å²) in [6, 6.07) is 11.6. The summed E-state index contributed by atoms with van der Waals surface area (Å²) in [5, 5.41) is 2.61. The molecule has 0 aromatic heterocycles. The van der Waals surface area contributed by atoms with Gasteiger partial charge in [-0.2, -0.15) is 13.2 Å². The van der Waals surface area contributed by atoms with E-state index in [4.69, 9.17) is 0 Å². The number of nitrogens with one attached hydrogen (secondary N) is 1. The number of fused-ring (bicyclic) bond motifs is 1. The first kappa shape index (κ1) is 28.6. The molecule has 2 aromatic carbocycles. The quantitative estimate of drug-likeness (QED) is 0.552. The molecule has 1 saturated carbocycles. The maximum Gasteiger partial charge on any atom is 0.416 e. The van der Waals surface area contributed by atoms with E-state index < -0.39 is 38.4 Å². The van der Waals surface area contributed by atoms with Gasteiger partial charge in [0.2, 0.25) is 5.91 Å². The lowest BCUT2D eigenvalue weighted by Crippen LogP contribution is -2.55. The van der Waals surface area contributed by atoms with Gasteiger partial charge in [0.25, 0.3) is 5.91 Å². The molecule has 5 atom stereocenters. The maximum absolute atomic E-state index is 14.1. The molecular weight excluding hydrogens is 543 g/mol. The molecule has 2 saturated heterocycles. The fraction of sp³-hybridized carbons (Fsp3) is 0.517. The van der Waals surface area contributed by atoms with Crippen LogP contribution < -0.4 is 5.32 Å². The van der Waals surface area contributed by atoms with Crippen LogP contribution in [0.2, 0.25) is 0 Å². The van der Waals surface area contributed by atoms with E-state index in [2.05, 4.69) is 10.2 Å². The van der Waals surface area contributed by atoms with Gasteiger partial charge >= 0.3 is 6.18 Å². The number of rotatable bonds is 6. The normalized spacial score (nSPS) is 29.3. The van der Waals surface area contributed by atoms with E-state index in [1.807, 2.05) is 20.8 Å². The van der Waals surface area contributed by atoms with Gasteiger partial charge in [-0.15, -0.1) is 0 Å². The highest BCUT2D eigenvalue weighted by molar-refractivity contribution is 7.92. The zero-order valence-electron chi connectivity index (χ0n) is 22.7. The van der Waals surface area contributed by atoms with Crippen molar-refractivity contribution in [2.24, 2.45) is 11.8 Å². The fourth-order valence-corrected chi connectivity index (χ4v) is 9.32. The summed E-state index contributed by atoms with van der Waals surface area (Å²) in [5.74, 6) is -1.11. The van der Waals surface area contributed by atoms with Crippen LogP contribution in [-0.4, -0.2) is 66.1 Å². The Balaban J connectivity index is 1.32. The van der Waals surface area contributed by atoms with Gasteiger partial charge in [0.15, 0.2) is 9.84 Å². The number of alkyl halides is 3. The molecule has 5 unspecified atom stereocenters. The summed E-state index contributed by atoms with van der Waals surface area (Å²) < 4.78 is 67.4. The third-order valence-corrected chi connectivity index (χ3v) is 11.5. The minimum atomic E-state index is -4.58. The molecule has 1 N–H and O–H groups in total. The van der Waals surface area contributed by atoms with E-state index in [1.165, 1.54) is 12.1 Å². The smallest absolute Gasteiger partial charge is 0.340 e. The molecule has 7 nitrogen and oxygen atoms in total. The molecular formula is C29H34F3N3O4S. The molecule has 2 aliphatic heterocycles. The predicted molar refractivity (Wildman–Crippen MR) is 143 cm³/mol. The van der Waals surface area contributed by atoms with E-state index in [-0.39, 0.29) is 40.3 Å². The number of amides is 2. The predicted octanol–water partition coefficient (Wildman–Crippen LogP) is 4.35. The number of carbonyl (C=O) groups excluding carboxylic acids is 2. The Labute approximate surface area is 232 Å². The highest BCUT2D eigenvalue weighted by atomic mass is 32.2. The third-order valence-electron chi connectivity index (χ3n) is 9.02. The summed E-state index contributed by atoms with van der Waals surface area (Å²) >= 11 is 0. The van der Waals surface area contributed by atoms with Crippen LogP contribution in [0.4, 0.5) is 13.2 Å². The van der Waals surface area contributed by atoms with Crippen LogP contribution in [-0.2, 0) is 20.8 Å². The molecule has 3 aliphatic rings. The van der Waals surface area contributed by atoms with Gasteiger partial charge in [0.1, 0.15) is 10.9 Å². The van der Waals surface area contributed by atoms with Crippen LogP contribution in [0.3, 0.4) is 0 Å². The van der Waals surface area contributed by atoms with Gasteiger partial charge in [0, 0.05) is 30.7 Å². The minimum absolute atomic E-state index is 0.0106. The first-order chi connectivity index (χ1) is 18.7. The Kier molecular flexibility index (Phi) is 7.27. The molecule has 0 radical (unpaired) electrons. The van der Waals surface area contributed by atoms with Gasteiger partial charge in [0.05, 0.1) is 10.5 Å². The summed E-state index contributed by atoms with van der Waals surface area (Å²) in [7, 11) is -3.73. The Bertz CT molecular complexity index is 1400. The van der Waals surface area contributed by atoms with Gasteiger partial charge in [-0.05, 0) is 82.2 Å². The lowest BCUT2D eigenvalue weighted by molar-refractivity contribution is -0.137. The largest absolute Gasteiger partial charge is 0.416 e. The van der Waals surface area contributed by atoms with E-state index in [0.717, 1.165) is 12.1 Å². The van der Waals surface area contributed by atoms with Crippen LogP contribution in [0.1, 0.15) is 56.0 Å². The summed E-state index contributed by atoms with van der Waals surface area (Å²) in [4.78, 5) is 29.0. The molecule has 0 bridgehead atoms. The molecule has 0 spiro atoms. The molecule has 40 heavy (non-hydrogen) atoms. The fourth-order valence-electron chi connectivity index (χ4n) is 7.05. The molecule has 2 amide bonds. The van der Waals surface area contributed by atoms with Crippen molar-refractivity contribution in [3.8, 4) is 0 Å². The SMILES string of the molecule is CC(C)N1CC2CC(N3CCC(NC(=O)c4cccc(C(F)(F)F)c4)C3=O)CC2C1(C)S(=O)(=O)c1ccccc1. The summed E-state index contributed by atoms with van der Waals surface area (Å²) in [6.45, 7) is 6.82. The zero-order valence-corrected chi connectivity index (χ0v) is 23.5. The Morgan fingerprint density at radius 3 is 2.42 bits per heavy atom. The average molecular weight is 578 g/mol. The molecule has 3 fully saturated rings. The molecule has 11 heteroatoms. The van der Waals surface area contributed by atoms with E-state index >= 15 is 0 Å². The number of hydrogen-bond acceptors (Lipinski definition) is 5. The monoisotopic (exact) mass is 577 g/mol. The van der Waals surface area contributed by atoms with Gasteiger partial charge < -0.3 is 10.2 Å². The maximum atomic E-state index is 14.1. The Morgan fingerprint density at radius 1 is 1.07 bits per heavy atom. The minimum Gasteiger partial charge on any atom is -0.340 e. The molecule has 2 aromatic rings. The van der Waals surface area contributed by atoms with E-state index in [0.29, 0.717) is 32.4 Å². The van der Waals surface area contributed by atoms with Crippen LogP contribution in [0, 0.1) is 11.8 Å². The van der Waals surface area contributed by atoms with Crippen molar-refractivity contribution < 1.29 is 31.2 Å². The van der Waals surface area contributed by atoms with Crippen molar-refractivity contribution in [2.75, 3.05) is 13.1 Å². The highest BCUT2D eigenvalue weighted by Gasteiger charge is 2.62. The number of likely N-dealkylation sites (tertiary alicyclic amines) is 2. The number of nitrogens with zero attached hydrogens (tertiary/aromatic N) is 2. The van der Waals surface area contributed by atoms with Crippen molar-refractivity contribution in [1.82, 2.24) is 15.1 Å². The van der Waals surface area contributed by atoms with E-state index in [1.54, 1.807) is 35.2 Å². The number of benzene rings is 2. The topological polar surface area (TPSA) is 86.8 Å². The second-order valence-electron chi connectivity index (χ2n) is 11.5. The summed E-state index contributed by atoms with van der Waals surface area (Å²) in [5.41, 5.74) is -1.09. The van der Waals surface area contributed by atoms with Gasteiger partial charge in [-0.1, -0.05) is 24.3 Å². The lowest BCUT2D eigenvalue weighted by atomic mass is 9.94. The van der Waals surface area contributed by atoms with E-state index in [9.17, 15) is 31.2 Å². The van der Waals surface area contributed by atoms with Crippen LogP contribution in [0.15, 0.2) is 59.5 Å². The number of sulfone groups is 1. The first-order valence-corrected chi connectivity index (χ1v) is 15.1. The second-order valence-corrected chi connectivity index (χ2v) is 13.8. The third kappa shape index (κ3) is 4.70.